The van der Waals surface area contributed by atoms with Gasteiger partial charge in [0, 0.05) is 31.0 Å². The van der Waals surface area contributed by atoms with Crippen molar-refractivity contribution in [1.29, 1.82) is 0 Å². The van der Waals surface area contributed by atoms with Gasteiger partial charge in [0.25, 0.3) is 5.69 Å². The lowest BCUT2D eigenvalue weighted by Crippen LogP contribution is -2.19. The number of aromatic amines is 1. The highest BCUT2D eigenvalue weighted by molar-refractivity contribution is 5.88. The first-order chi connectivity index (χ1) is 9.08. The average molecular weight is 260 g/mol. The van der Waals surface area contributed by atoms with E-state index in [0.29, 0.717) is 17.8 Å². The van der Waals surface area contributed by atoms with Crippen LogP contribution in [0.1, 0.15) is 12.6 Å². The van der Waals surface area contributed by atoms with Crippen LogP contribution >= 0.6 is 0 Å². The Morgan fingerprint density at radius 3 is 3.05 bits per heavy atom. The number of rotatable bonds is 4. The monoisotopic (exact) mass is 260 g/mol. The molecule has 0 aliphatic rings. The summed E-state index contributed by atoms with van der Waals surface area (Å²) in [6.07, 6.45) is 3.51. The van der Waals surface area contributed by atoms with Crippen molar-refractivity contribution < 1.29 is 9.72 Å². The Hall–Kier alpha value is -2.70. The molecule has 0 radical (unpaired) electrons. The van der Waals surface area contributed by atoms with E-state index in [1.54, 1.807) is 18.2 Å². The lowest BCUT2D eigenvalue weighted by atomic mass is 10.2. The van der Waals surface area contributed by atoms with E-state index in [1.807, 2.05) is 0 Å². The molecule has 1 amide bonds. The van der Waals surface area contributed by atoms with Crippen LogP contribution in [0.2, 0.25) is 0 Å². The van der Waals surface area contributed by atoms with Crippen LogP contribution in [0.15, 0.2) is 24.3 Å². The lowest BCUT2D eigenvalue weighted by molar-refractivity contribution is -0.384. The van der Waals surface area contributed by atoms with Gasteiger partial charge in [0.15, 0.2) is 0 Å². The van der Waals surface area contributed by atoms with Crippen LogP contribution < -0.4 is 5.32 Å². The van der Waals surface area contributed by atoms with E-state index in [2.05, 4.69) is 15.5 Å². The zero-order valence-electron chi connectivity index (χ0n) is 10.2. The van der Waals surface area contributed by atoms with E-state index in [0.717, 1.165) is 5.39 Å². The quantitative estimate of drug-likeness (QED) is 0.644. The molecule has 1 heterocycles. The number of carbonyl (C=O) groups excluding carboxylic acids is 1. The minimum Gasteiger partial charge on any atom is -0.353 e. The van der Waals surface area contributed by atoms with Gasteiger partial charge in [0.2, 0.25) is 5.91 Å². The largest absolute Gasteiger partial charge is 0.353 e. The van der Waals surface area contributed by atoms with Crippen LogP contribution in [0.5, 0.6) is 0 Å². The second-order valence-electron chi connectivity index (χ2n) is 3.94. The van der Waals surface area contributed by atoms with E-state index in [1.165, 1.54) is 19.1 Å². The summed E-state index contributed by atoms with van der Waals surface area (Å²) < 4.78 is 0. The van der Waals surface area contributed by atoms with E-state index in [4.69, 9.17) is 0 Å². The molecule has 98 valence electrons. The molecule has 0 atom stereocenters. The second kappa shape index (κ2) is 5.30. The third-order valence-corrected chi connectivity index (χ3v) is 2.53. The topological polar surface area (TPSA) is 101 Å². The predicted octanol–water partition coefficient (Wildman–Crippen LogP) is 1.62. The molecule has 2 aromatic rings. The van der Waals surface area contributed by atoms with Gasteiger partial charge in [0.1, 0.15) is 0 Å². The number of nitro benzene ring substituents is 1. The van der Waals surface area contributed by atoms with Gasteiger partial charge in [-0.3, -0.25) is 20.0 Å². The van der Waals surface area contributed by atoms with Crippen LogP contribution in [0.3, 0.4) is 0 Å². The molecule has 0 fully saturated rings. The number of amides is 1. The van der Waals surface area contributed by atoms with Crippen LogP contribution in [0, 0.1) is 10.1 Å². The number of hydrogen-bond donors (Lipinski definition) is 2. The highest BCUT2D eigenvalue weighted by atomic mass is 16.6. The Bertz CT molecular complexity index is 660. The number of fused-ring (bicyclic) bond motifs is 1. The molecule has 1 aromatic heterocycles. The summed E-state index contributed by atoms with van der Waals surface area (Å²) in [5.74, 6) is -0.104. The van der Waals surface area contributed by atoms with Gasteiger partial charge in [-0.15, -0.1) is 0 Å². The Kier molecular flexibility index (Phi) is 3.56. The summed E-state index contributed by atoms with van der Waals surface area (Å²) in [7, 11) is 0. The van der Waals surface area contributed by atoms with Gasteiger partial charge in [-0.05, 0) is 12.1 Å². The number of hydrogen-bond acceptors (Lipinski definition) is 4. The average Bonchev–Trinajstić information content (AvgIpc) is 2.76. The first-order valence-corrected chi connectivity index (χ1v) is 5.61. The fourth-order valence-corrected chi connectivity index (χ4v) is 1.64. The summed E-state index contributed by atoms with van der Waals surface area (Å²) in [4.78, 5) is 20.9. The van der Waals surface area contributed by atoms with Gasteiger partial charge in [-0.2, -0.15) is 5.10 Å². The van der Waals surface area contributed by atoms with Crippen molar-refractivity contribution in [2.45, 2.75) is 6.92 Å². The molecule has 0 spiro atoms. The second-order valence-corrected chi connectivity index (χ2v) is 3.94. The van der Waals surface area contributed by atoms with E-state index >= 15 is 0 Å². The first-order valence-electron chi connectivity index (χ1n) is 5.61. The molecule has 0 saturated carbocycles. The Morgan fingerprint density at radius 1 is 1.58 bits per heavy atom. The Labute approximate surface area is 108 Å². The molecule has 0 unspecified atom stereocenters. The number of non-ortho nitro benzene ring substituents is 1. The number of nitrogens with one attached hydrogen (secondary N) is 2. The molecule has 1 aromatic carbocycles. The summed E-state index contributed by atoms with van der Waals surface area (Å²) in [5, 5.41) is 20.9. The third kappa shape index (κ3) is 2.95. The predicted molar refractivity (Wildman–Crippen MR) is 70.5 cm³/mol. The zero-order valence-corrected chi connectivity index (χ0v) is 10.2. The lowest BCUT2D eigenvalue weighted by Gasteiger charge is -1.94. The van der Waals surface area contributed by atoms with E-state index in [-0.39, 0.29) is 11.6 Å². The van der Waals surface area contributed by atoms with Crippen molar-refractivity contribution in [2.75, 3.05) is 6.54 Å². The highest BCUT2D eigenvalue weighted by Gasteiger charge is 2.09. The molecule has 0 bridgehead atoms. The molecular formula is C12H12N4O3. The number of carbonyl (C=O) groups is 1. The maximum atomic E-state index is 10.7. The maximum absolute atomic E-state index is 10.7. The molecule has 7 nitrogen and oxygen atoms in total. The number of nitro groups is 1. The fraction of sp³-hybridized carbons (Fsp3) is 0.167. The molecule has 2 rings (SSSR count). The summed E-state index contributed by atoms with van der Waals surface area (Å²) in [6.45, 7) is 1.85. The van der Waals surface area contributed by atoms with Crippen LogP contribution in [0.4, 0.5) is 5.69 Å². The minimum atomic E-state index is -0.452. The normalized spacial score (nSPS) is 11.0. The van der Waals surface area contributed by atoms with Crippen molar-refractivity contribution in [3.8, 4) is 0 Å². The molecule has 7 heteroatoms. The Morgan fingerprint density at radius 2 is 2.37 bits per heavy atom. The number of H-pyrrole nitrogens is 1. The van der Waals surface area contributed by atoms with Crippen molar-refractivity contribution in [3.63, 3.8) is 0 Å². The summed E-state index contributed by atoms with van der Waals surface area (Å²) >= 11 is 0. The summed E-state index contributed by atoms with van der Waals surface area (Å²) in [6, 6.07) is 4.52. The van der Waals surface area contributed by atoms with E-state index in [9.17, 15) is 14.9 Å². The van der Waals surface area contributed by atoms with Gasteiger partial charge in [0.05, 0.1) is 16.1 Å². The van der Waals surface area contributed by atoms with Gasteiger partial charge in [-0.1, -0.05) is 6.08 Å². The van der Waals surface area contributed by atoms with Crippen molar-refractivity contribution in [3.05, 3.63) is 40.1 Å². The highest BCUT2D eigenvalue weighted by Crippen LogP contribution is 2.22. The van der Waals surface area contributed by atoms with Crippen molar-refractivity contribution in [1.82, 2.24) is 15.5 Å². The first kappa shape index (κ1) is 12.7. The van der Waals surface area contributed by atoms with Crippen LogP contribution in [0.25, 0.3) is 17.0 Å². The van der Waals surface area contributed by atoms with Gasteiger partial charge >= 0.3 is 0 Å². The standard InChI is InChI=1S/C12H12N4O3/c1-8(17)13-6-2-3-11-10-5-4-9(16(18)19)7-12(10)15-14-11/h2-5,7H,6H2,1H3,(H,13,17)(H,14,15). The minimum absolute atomic E-state index is 0.0184. The molecular weight excluding hydrogens is 248 g/mol. The number of aromatic nitrogens is 2. The van der Waals surface area contributed by atoms with E-state index < -0.39 is 4.92 Å². The molecule has 2 N–H and O–H groups in total. The fourth-order valence-electron chi connectivity index (χ4n) is 1.64. The Balaban J connectivity index is 2.21. The molecule has 0 aliphatic heterocycles. The molecule has 19 heavy (non-hydrogen) atoms. The maximum Gasteiger partial charge on any atom is 0.271 e. The third-order valence-electron chi connectivity index (χ3n) is 2.53. The van der Waals surface area contributed by atoms with Crippen LogP contribution in [-0.4, -0.2) is 27.6 Å². The van der Waals surface area contributed by atoms with Crippen LogP contribution in [-0.2, 0) is 4.79 Å². The summed E-state index contributed by atoms with van der Waals surface area (Å²) in [5.41, 5.74) is 1.30. The molecule has 0 aliphatic carbocycles. The van der Waals surface area contributed by atoms with Crippen molar-refractivity contribution >= 4 is 28.6 Å². The number of nitrogens with zero attached hydrogens (tertiary/aromatic N) is 2. The van der Waals surface area contributed by atoms with Gasteiger partial charge in [-0.25, -0.2) is 0 Å². The van der Waals surface area contributed by atoms with Crippen molar-refractivity contribution in [2.24, 2.45) is 0 Å². The van der Waals surface area contributed by atoms with Gasteiger partial charge < -0.3 is 5.32 Å². The SMILES string of the molecule is CC(=O)NCC=Cc1n[nH]c2cc([N+](=O)[O-])ccc12. The zero-order chi connectivity index (χ0) is 13.8. The smallest absolute Gasteiger partial charge is 0.271 e. The molecule has 0 saturated heterocycles. The number of benzene rings is 1.